The summed E-state index contributed by atoms with van der Waals surface area (Å²) in [6.45, 7) is -0.00993. The van der Waals surface area contributed by atoms with E-state index in [9.17, 15) is 4.79 Å². The highest BCUT2D eigenvalue weighted by Crippen LogP contribution is 2.35. The van der Waals surface area contributed by atoms with Gasteiger partial charge in [-0.3, -0.25) is 4.79 Å². The molecule has 0 unspecified atom stereocenters. The molecule has 0 heterocycles. The van der Waals surface area contributed by atoms with E-state index in [0.717, 1.165) is 0 Å². The standard InChI is InChI=1S/C16H15Cl3N2O3/c1-23-13-7-12(14(24-2)6-10(13)18)20-8-15(22)21-11-5-3-4-9(17)16(11)19/h3-7,20H,8H2,1-2H3,(H,21,22). The van der Waals surface area contributed by atoms with E-state index in [0.29, 0.717) is 37.9 Å². The second-order valence-corrected chi connectivity index (χ2v) is 5.88. The third-order valence-corrected chi connectivity index (χ3v) is 4.25. The van der Waals surface area contributed by atoms with Crippen LogP contribution in [0.1, 0.15) is 0 Å². The summed E-state index contributed by atoms with van der Waals surface area (Å²) >= 11 is 18.0. The van der Waals surface area contributed by atoms with Crippen molar-refractivity contribution >= 4 is 52.1 Å². The molecule has 0 atom stereocenters. The molecule has 0 aliphatic heterocycles. The number of benzene rings is 2. The fourth-order valence-corrected chi connectivity index (χ4v) is 2.55. The fourth-order valence-electron chi connectivity index (χ4n) is 1.97. The number of hydrogen-bond acceptors (Lipinski definition) is 4. The molecule has 0 aliphatic rings. The van der Waals surface area contributed by atoms with Gasteiger partial charge in [-0.15, -0.1) is 0 Å². The minimum absolute atomic E-state index is 0.00993. The Morgan fingerprint density at radius 3 is 2.38 bits per heavy atom. The third kappa shape index (κ3) is 4.38. The van der Waals surface area contributed by atoms with Gasteiger partial charge >= 0.3 is 0 Å². The van der Waals surface area contributed by atoms with Gasteiger partial charge in [-0.25, -0.2) is 0 Å². The first-order valence-electron chi connectivity index (χ1n) is 6.85. The molecule has 128 valence electrons. The molecule has 8 heteroatoms. The van der Waals surface area contributed by atoms with Gasteiger partial charge in [0.1, 0.15) is 11.5 Å². The summed E-state index contributed by atoms with van der Waals surface area (Å²) in [7, 11) is 3.01. The molecule has 0 fully saturated rings. The van der Waals surface area contributed by atoms with Crippen LogP contribution >= 0.6 is 34.8 Å². The van der Waals surface area contributed by atoms with E-state index in [1.54, 1.807) is 30.3 Å². The highest BCUT2D eigenvalue weighted by atomic mass is 35.5. The van der Waals surface area contributed by atoms with Gasteiger partial charge in [0.25, 0.3) is 0 Å². The van der Waals surface area contributed by atoms with Crippen LogP contribution in [0.15, 0.2) is 30.3 Å². The van der Waals surface area contributed by atoms with Crippen molar-refractivity contribution in [1.29, 1.82) is 0 Å². The second kappa shape index (κ2) is 8.33. The van der Waals surface area contributed by atoms with E-state index in [-0.39, 0.29) is 12.5 Å². The Kier molecular flexibility index (Phi) is 6.43. The van der Waals surface area contributed by atoms with Crippen LogP contribution in [-0.2, 0) is 4.79 Å². The summed E-state index contributed by atoms with van der Waals surface area (Å²) < 4.78 is 10.4. The molecular formula is C16H15Cl3N2O3. The first-order chi connectivity index (χ1) is 11.5. The van der Waals surface area contributed by atoms with E-state index in [2.05, 4.69) is 10.6 Å². The number of rotatable bonds is 6. The van der Waals surface area contributed by atoms with E-state index in [1.165, 1.54) is 14.2 Å². The summed E-state index contributed by atoms with van der Waals surface area (Å²) in [5, 5.41) is 6.72. The molecule has 0 saturated heterocycles. The van der Waals surface area contributed by atoms with E-state index in [1.807, 2.05) is 0 Å². The van der Waals surface area contributed by atoms with Gasteiger partial charge < -0.3 is 20.1 Å². The lowest BCUT2D eigenvalue weighted by Gasteiger charge is -2.14. The Morgan fingerprint density at radius 2 is 1.71 bits per heavy atom. The summed E-state index contributed by atoms with van der Waals surface area (Å²) in [4.78, 5) is 12.1. The number of carbonyl (C=O) groups is 1. The van der Waals surface area contributed by atoms with Crippen LogP contribution in [0.3, 0.4) is 0 Å². The number of carbonyl (C=O) groups excluding carboxylic acids is 1. The van der Waals surface area contributed by atoms with Crippen LogP contribution in [0.2, 0.25) is 15.1 Å². The molecule has 0 radical (unpaired) electrons. The predicted octanol–water partition coefficient (Wildman–Crippen LogP) is 4.71. The molecule has 0 spiro atoms. The maximum Gasteiger partial charge on any atom is 0.243 e. The number of halogens is 3. The van der Waals surface area contributed by atoms with Crippen molar-refractivity contribution < 1.29 is 14.3 Å². The highest BCUT2D eigenvalue weighted by molar-refractivity contribution is 6.44. The van der Waals surface area contributed by atoms with E-state index < -0.39 is 0 Å². The quantitative estimate of drug-likeness (QED) is 0.751. The van der Waals surface area contributed by atoms with Crippen molar-refractivity contribution in [3.8, 4) is 11.5 Å². The highest BCUT2D eigenvalue weighted by Gasteiger charge is 2.12. The van der Waals surface area contributed by atoms with Crippen LogP contribution < -0.4 is 20.1 Å². The maximum absolute atomic E-state index is 12.1. The lowest BCUT2D eigenvalue weighted by atomic mass is 10.2. The molecule has 0 bridgehead atoms. The van der Waals surface area contributed by atoms with Crippen molar-refractivity contribution in [1.82, 2.24) is 0 Å². The van der Waals surface area contributed by atoms with Crippen molar-refractivity contribution in [3.05, 3.63) is 45.4 Å². The normalized spacial score (nSPS) is 10.2. The van der Waals surface area contributed by atoms with Crippen LogP contribution in [0.5, 0.6) is 11.5 Å². The van der Waals surface area contributed by atoms with Crippen molar-refractivity contribution in [2.45, 2.75) is 0 Å². The van der Waals surface area contributed by atoms with Crippen molar-refractivity contribution in [3.63, 3.8) is 0 Å². The molecule has 24 heavy (non-hydrogen) atoms. The van der Waals surface area contributed by atoms with Crippen LogP contribution in [-0.4, -0.2) is 26.7 Å². The van der Waals surface area contributed by atoms with Crippen LogP contribution in [0.25, 0.3) is 0 Å². The van der Waals surface area contributed by atoms with Crippen molar-refractivity contribution in [2.24, 2.45) is 0 Å². The molecule has 2 aromatic carbocycles. The molecule has 1 amide bonds. The molecule has 5 nitrogen and oxygen atoms in total. The fraction of sp³-hybridized carbons (Fsp3) is 0.188. The number of amides is 1. The first-order valence-corrected chi connectivity index (χ1v) is 7.99. The summed E-state index contributed by atoms with van der Waals surface area (Å²) in [5.41, 5.74) is 1.02. The summed E-state index contributed by atoms with van der Waals surface area (Å²) in [5.74, 6) is 0.669. The largest absolute Gasteiger partial charge is 0.495 e. The minimum Gasteiger partial charge on any atom is -0.495 e. The smallest absolute Gasteiger partial charge is 0.243 e. The first kappa shape index (κ1) is 18.5. The lowest BCUT2D eigenvalue weighted by Crippen LogP contribution is -2.22. The zero-order chi connectivity index (χ0) is 17.7. The monoisotopic (exact) mass is 388 g/mol. The number of ether oxygens (including phenoxy) is 2. The summed E-state index contributed by atoms with van der Waals surface area (Å²) in [6.07, 6.45) is 0. The average molecular weight is 390 g/mol. The number of nitrogens with one attached hydrogen (secondary N) is 2. The number of methoxy groups -OCH3 is 2. The Balaban J connectivity index is 2.07. The molecule has 2 aromatic rings. The Labute approximate surface area is 154 Å². The average Bonchev–Trinajstić information content (AvgIpc) is 2.57. The molecule has 2 rings (SSSR count). The molecule has 2 N–H and O–H groups in total. The van der Waals surface area contributed by atoms with Crippen molar-refractivity contribution in [2.75, 3.05) is 31.4 Å². The Bertz CT molecular complexity index is 754. The van der Waals surface area contributed by atoms with Gasteiger partial charge in [0.2, 0.25) is 5.91 Å². The topological polar surface area (TPSA) is 59.6 Å². The molecular weight excluding hydrogens is 375 g/mol. The summed E-state index contributed by atoms with van der Waals surface area (Å²) in [6, 6.07) is 8.26. The van der Waals surface area contributed by atoms with Crippen LogP contribution in [0, 0.1) is 0 Å². The second-order valence-electron chi connectivity index (χ2n) is 4.69. The lowest BCUT2D eigenvalue weighted by molar-refractivity contribution is -0.114. The Morgan fingerprint density at radius 1 is 1.00 bits per heavy atom. The maximum atomic E-state index is 12.1. The molecule has 0 aliphatic carbocycles. The van der Waals surface area contributed by atoms with Gasteiger partial charge in [-0.2, -0.15) is 0 Å². The van der Waals surface area contributed by atoms with Gasteiger partial charge in [-0.1, -0.05) is 40.9 Å². The van der Waals surface area contributed by atoms with E-state index in [4.69, 9.17) is 44.3 Å². The van der Waals surface area contributed by atoms with Gasteiger partial charge in [-0.05, 0) is 12.1 Å². The number of hydrogen-bond donors (Lipinski definition) is 2. The Hall–Kier alpha value is -1.82. The zero-order valence-electron chi connectivity index (χ0n) is 13.0. The molecule has 0 saturated carbocycles. The van der Waals surface area contributed by atoms with Gasteiger partial charge in [0.15, 0.2) is 0 Å². The SMILES string of the molecule is COc1cc(NCC(=O)Nc2cccc(Cl)c2Cl)c(OC)cc1Cl. The minimum atomic E-state index is -0.296. The van der Waals surface area contributed by atoms with Gasteiger partial charge in [0.05, 0.1) is 47.2 Å². The van der Waals surface area contributed by atoms with E-state index >= 15 is 0 Å². The predicted molar refractivity (Wildman–Crippen MR) is 98.1 cm³/mol. The third-order valence-electron chi connectivity index (χ3n) is 3.14. The molecule has 0 aromatic heterocycles. The zero-order valence-corrected chi connectivity index (χ0v) is 15.2. The van der Waals surface area contributed by atoms with Crippen LogP contribution in [0.4, 0.5) is 11.4 Å². The van der Waals surface area contributed by atoms with Gasteiger partial charge in [0, 0.05) is 12.1 Å². The number of anilines is 2.